The highest BCUT2D eigenvalue weighted by Crippen LogP contribution is 2.24. The van der Waals surface area contributed by atoms with Crippen molar-refractivity contribution in [1.82, 2.24) is 5.32 Å². The van der Waals surface area contributed by atoms with E-state index < -0.39 is 17.7 Å². The Labute approximate surface area is 116 Å². The van der Waals surface area contributed by atoms with Gasteiger partial charge in [-0.1, -0.05) is 11.6 Å². The molecule has 0 aliphatic rings. The normalized spacial score (nSPS) is 14.3. The molecule has 3 N–H and O–H groups in total. The number of nitrogens with two attached hydrogens (primary N) is 1. The SMILES string of the molecule is C=CCC(C(N)=O)C(CC(=C)C)C(=O)NC(C)(C)C. The lowest BCUT2D eigenvalue weighted by Gasteiger charge is -2.28. The molecule has 0 fully saturated rings. The third kappa shape index (κ3) is 6.79. The Hall–Kier alpha value is -1.58. The summed E-state index contributed by atoms with van der Waals surface area (Å²) in [6.07, 6.45) is 2.46. The first-order valence-corrected chi connectivity index (χ1v) is 6.45. The number of primary amides is 1. The second-order valence-electron chi connectivity index (χ2n) is 6.04. The highest BCUT2D eigenvalue weighted by molar-refractivity contribution is 5.87. The van der Waals surface area contributed by atoms with Crippen LogP contribution in [0.3, 0.4) is 0 Å². The van der Waals surface area contributed by atoms with E-state index in [1.807, 2.05) is 27.7 Å². The fraction of sp³-hybridized carbons (Fsp3) is 0.600. The van der Waals surface area contributed by atoms with Crippen LogP contribution in [0.2, 0.25) is 0 Å². The van der Waals surface area contributed by atoms with Gasteiger partial charge in [-0.3, -0.25) is 9.59 Å². The highest BCUT2D eigenvalue weighted by Gasteiger charge is 2.32. The van der Waals surface area contributed by atoms with Gasteiger partial charge >= 0.3 is 0 Å². The number of amides is 2. The van der Waals surface area contributed by atoms with Crippen LogP contribution in [0, 0.1) is 11.8 Å². The number of nitrogens with one attached hydrogen (secondary N) is 1. The predicted octanol–water partition coefficient (Wildman–Crippen LogP) is 2.16. The molecule has 0 aromatic heterocycles. The molecule has 108 valence electrons. The predicted molar refractivity (Wildman–Crippen MR) is 78.3 cm³/mol. The molecular formula is C15H26N2O2. The summed E-state index contributed by atoms with van der Waals surface area (Å²) in [5.74, 6) is -1.68. The van der Waals surface area contributed by atoms with Gasteiger partial charge in [-0.05, 0) is 40.5 Å². The summed E-state index contributed by atoms with van der Waals surface area (Å²) < 4.78 is 0. The number of rotatable bonds is 7. The Kier molecular flexibility index (Phi) is 6.53. The first-order chi connectivity index (χ1) is 8.58. The fourth-order valence-corrected chi connectivity index (χ4v) is 1.91. The highest BCUT2D eigenvalue weighted by atomic mass is 16.2. The molecule has 2 amide bonds. The summed E-state index contributed by atoms with van der Waals surface area (Å²) in [7, 11) is 0. The van der Waals surface area contributed by atoms with Crippen LogP contribution in [-0.2, 0) is 9.59 Å². The minimum Gasteiger partial charge on any atom is -0.369 e. The minimum atomic E-state index is -0.545. The van der Waals surface area contributed by atoms with Crippen molar-refractivity contribution in [1.29, 1.82) is 0 Å². The molecule has 0 aromatic carbocycles. The number of hydrogen-bond donors (Lipinski definition) is 2. The van der Waals surface area contributed by atoms with Gasteiger partial charge in [0.1, 0.15) is 0 Å². The van der Waals surface area contributed by atoms with Gasteiger partial charge in [0.2, 0.25) is 11.8 Å². The molecule has 0 heterocycles. The second kappa shape index (κ2) is 7.12. The molecule has 0 saturated heterocycles. The average molecular weight is 266 g/mol. The third-order valence-electron chi connectivity index (χ3n) is 2.68. The summed E-state index contributed by atoms with van der Waals surface area (Å²) in [5.41, 5.74) is 5.91. The molecule has 0 radical (unpaired) electrons. The molecule has 0 aromatic rings. The van der Waals surface area contributed by atoms with Crippen molar-refractivity contribution >= 4 is 11.8 Å². The van der Waals surface area contributed by atoms with Gasteiger partial charge in [-0.15, -0.1) is 13.2 Å². The molecule has 0 bridgehead atoms. The third-order valence-corrected chi connectivity index (χ3v) is 2.68. The van der Waals surface area contributed by atoms with E-state index in [4.69, 9.17) is 5.73 Å². The Morgan fingerprint density at radius 1 is 1.32 bits per heavy atom. The molecule has 19 heavy (non-hydrogen) atoms. The van der Waals surface area contributed by atoms with Crippen molar-refractivity contribution in [2.24, 2.45) is 17.6 Å². The molecule has 0 saturated carbocycles. The molecule has 0 rings (SSSR count). The van der Waals surface area contributed by atoms with Crippen LogP contribution in [0.4, 0.5) is 0 Å². The van der Waals surface area contributed by atoms with Gasteiger partial charge in [0.25, 0.3) is 0 Å². The molecule has 2 atom stereocenters. The van der Waals surface area contributed by atoms with Crippen LogP contribution in [0.25, 0.3) is 0 Å². The average Bonchev–Trinajstić information content (AvgIpc) is 2.19. The molecule has 0 aliphatic heterocycles. The van der Waals surface area contributed by atoms with Gasteiger partial charge < -0.3 is 11.1 Å². The lowest BCUT2D eigenvalue weighted by molar-refractivity contribution is -0.134. The van der Waals surface area contributed by atoms with Crippen molar-refractivity contribution in [3.63, 3.8) is 0 Å². The zero-order chi connectivity index (χ0) is 15.2. The lowest BCUT2D eigenvalue weighted by atomic mass is 9.83. The van der Waals surface area contributed by atoms with Crippen LogP contribution in [-0.4, -0.2) is 17.4 Å². The summed E-state index contributed by atoms with van der Waals surface area (Å²) in [5, 5.41) is 2.90. The first kappa shape index (κ1) is 17.4. The van der Waals surface area contributed by atoms with Gasteiger partial charge in [-0.2, -0.15) is 0 Å². The maximum Gasteiger partial charge on any atom is 0.224 e. The van der Waals surface area contributed by atoms with Crippen molar-refractivity contribution in [3.05, 3.63) is 24.8 Å². The van der Waals surface area contributed by atoms with Gasteiger partial charge in [-0.25, -0.2) is 0 Å². The van der Waals surface area contributed by atoms with Crippen LogP contribution in [0.1, 0.15) is 40.5 Å². The molecule has 4 nitrogen and oxygen atoms in total. The van der Waals surface area contributed by atoms with E-state index in [1.165, 1.54) is 0 Å². The molecular weight excluding hydrogens is 240 g/mol. The number of hydrogen-bond acceptors (Lipinski definition) is 2. The van der Waals surface area contributed by atoms with E-state index >= 15 is 0 Å². The van der Waals surface area contributed by atoms with Crippen molar-refractivity contribution in [2.45, 2.75) is 46.1 Å². The summed E-state index contributed by atoms with van der Waals surface area (Å²) in [6, 6.07) is 0. The van der Waals surface area contributed by atoms with Crippen LogP contribution >= 0.6 is 0 Å². The Morgan fingerprint density at radius 3 is 2.16 bits per heavy atom. The Morgan fingerprint density at radius 2 is 1.84 bits per heavy atom. The molecule has 2 unspecified atom stereocenters. The Bertz CT molecular complexity index is 367. The van der Waals surface area contributed by atoms with E-state index in [1.54, 1.807) is 6.08 Å². The minimum absolute atomic E-state index is 0.166. The lowest BCUT2D eigenvalue weighted by Crippen LogP contribution is -2.47. The zero-order valence-corrected chi connectivity index (χ0v) is 12.5. The van der Waals surface area contributed by atoms with E-state index in [9.17, 15) is 9.59 Å². The van der Waals surface area contributed by atoms with E-state index in [-0.39, 0.29) is 11.4 Å². The van der Waals surface area contributed by atoms with Crippen LogP contribution in [0.15, 0.2) is 24.8 Å². The summed E-state index contributed by atoms with van der Waals surface area (Å²) in [4.78, 5) is 23.9. The summed E-state index contributed by atoms with van der Waals surface area (Å²) in [6.45, 7) is 15.0. The smallest absolute Gasteiger partial charge is 0.224 e. The standard InChI is InChI=1S/C15H26N2O2/c1-7-8-11(13(16)18)12(9-10(2)3)14(19)17-15(4,5)6/h7,11-12H,1-2,8-9H2,3-6H3,(H2,16,18)(H,17,19). The van der Waals surface area contributed by atoms with Crippen molar-refractivity contribution < 1.29 is 9.59 Å². The monoisotopic (exact) mass is 266 g/mol. The topological polar surface area (TPSA) is 72.2 Å². The van der Waals surface area contributed by atoms with Gasteiger partial charge in [0, 0.05) is 5.54 Å². The summed E-state index contributed by atoms with van der Waals surface area (Å²) >= 11 is 0. The van der Waals surface area contributed by atoms with Crippen molar-refractivity contribution in [3.8, 4) is 0 Å². The molecule has 4 heteroatoms. The maximum absolute atomic E-state index is 12.3. The largest absolute Gasteiger partial charge is 0.369 e. The number of carbonyl (C=O) groups excluding carboxylic acids is 2. The first-order valence-electron chi connectivity index (χ1n) is 6.45. The molecule has 0 aliphatic carbocycles. The van der Waals surface area contributed by atoms with E-state index in [2.05, 4.69) is 18.5 Å². The fourth-order valence-electron chi connectivity index (χ4n) is 1.91. The number of allylic oxidation sites excluding steroid dienone is 2. The van der Waals surface area contributed by atoms with Gasteiger partial charge in [0.05, 0.1) is 11.8 Å². The van der Waals surface area contributed by atoms with Crippen LogP contribution in [0.5, 0.6) is 0 Å². The van der Waals surface area contributed by atoms with E-state index in [0.29, 0.717) is 12.8 Å². The van der Waals surface area contributed by atoms with Gasteiger partial charge in [0.15, 0.2) is 0 Å². The zero-order valence-electron chi connectivity index (χ0n) is 12.5. The Balaban J connectivity index is 5.16. The van der Waals surface area contributed by atoms with Crippen molar-refractivity contribution in [2.75, 3.05) is 0 Å². The quantitative estimate of drug-likeness (QED) is 0.693. The van der Waals surface area contributed by atoms with E-state index in [0.717, 1.165) is 5.57 Å². The van der Waals surface area contributed by atoms with Crippen LogP contribution < -0.4 is 11.1 Å². The number of carbonyl (C=O) groups is 2. The maximum atomic E-state index is 12.3. The second-order valence-corrected chi connectivity index (χ2v) is 6.04. The molecule has 0 spiro atoms.